The number of aromatic nitrogens is 2. The van der Waals surface area contributed by atoms with Gasteiger partial charge in [-0.1, -0.05) is 6.07 Å². The molecule has 2 heterocycles. The van der Waals surface area contributed by atoms with E-state index in [1.807, 2.05) is 29.5 Å². The predicted molar refractivity (Wildman–Crippen MR) is 81.3 cm³/mol. The Hall–Kier alpha value is -2.69. The van der Waals surface area contributed by atoms with E-state index < -0.39 is 5.97 Å². The Kier molecular flexibility index (Phi) is 3.63. The lowest BCUT2D eigenvalue weighted by atomic mass is 10.1. The van der Waals surface area contributed by atoms with Gasteiger partial charge in [0.15, 0.2) is 0 Å². The third-order valence-corrected chi connectivity index (χ3v) is 3.63. The molecule has 5 heteroatoms. The average molecular weight is 298 g/mol. The third kappa shape index (κ3) is 2.57. The Balaban J connectivity index is 2.19. The van der Waals surface area contributed by atoms with Crippen LogP contribution in [-0.4, -0.2) is 20.5 Å². The number of rotatable bonds is 4. The number of hydrogen-bond acceptors (Lipinski definition) is 2. The standard InChI is InChI=1S/C17H15FN2O2/c1-11-3-2-4-15-19-17(12-5-7-13(18)8-6-12)14(20(11)15)9-10-16(21)22/h2-8H,9-10H2,1H3,(H,21,22). The first kappa shape index (κ1) is 14.3. The Labute approximate surface area is 126 Å². The maximum absolute atomic E-state index is 13.1. The first-order chi connectivity index (χ1) is 10.6. The summed E-state index contributed by atoms with van der Waals surface area (Å²) in [6, 6.07) is 11.8. The summed E-state index contributed by atoms with van der Waals surface area (Å²) in [4.78, 5) is 15.5. The van der Waals surface area contributed by atoms with Crippen molar-refractivity contribution in [3.05, 3.63) is 59.7 Å². The minimum Gasteiger partial charge on any atom is -0.481 e. The molecule has 0 unspecified atom stereocenters. The molecule has 0 aliphatic rings. The quantitative estimate of drug-likeness (QED) is 0.802. The number of aliphatic carboxylic acids is 1. The molecule has 2 aromatic heterocycles. The van der Waals surface area contributed by atoms with Crippen LogP contribution < -0.4 is 0 Å². The van der Waals surface area contributed by atoms with Crippen LogP contribution >= 0.6 is 0 Å². The lowest BCUT2D eigenvalue weighted by Crippen LogP contribution is -2.03. The second kappa shape index (κ2) is 5.60. The van der Waals surface area contributed by atoms with Gasteiger partial charge in [0.1, 0.15) is 11.5 Å². The lowest BCUT2D eigenvalue weighted by molar-refractivity contribution is -0.136. The van der Waals surface area contributed by atoms with E-state index >= 15 is 0 Å². The van der Waals surface area contributed by atoms with Crippen LogP contribution in [0.3, 0.4) is 0 Å². The first-order valence-electron chi connectivity index (χ1n) is 7.01. The summed E-state index contributed by atoms with van der Waals surface area (Å²) in [6.45, 7) is 1.95. The molecule has 0 saturated carbocycles. The zero-order chi connectivity index (χ0) is 15.7. The van der Waals surface area contributed by atoms with Crippen LogP contribution in [0.4, 0.5) is 4.39 Å². The summed E-state index contributed by atoms with van der Waals surface area (Å²) < 4.78 is 15.1. The van der Waals surface area contributed by atoms with Crippen molar-refractivity contribution < 1.29 is 14.3 Å². The molecule has 0 aliphatic carbocycles. The van der Waals surface area contributed by atoms with Crippen LogP contribution in [0.5, 0.6) is 0 Å². The van der Waals surface area contributed by atoms with Crippen LogP contribution in [0.15, 0.2) is 42.5 Å². The van der Waals surface area contributed by atoms with E-state index in [1.165, 1.54) is 12.1 Å². The highest BCUT2D eigenvalue weighted by Gasteiger charge is 2.16. The summed E-state index contributed by atoms with van der Waals surface area (Å²) in [7, 11) is 0. The molecular weight excluding hydrogens is 283 g/mol. The highest BCUT2D eigenvalue weighted by atomic mass is 19.1. The number of carbonyl (C=O) groups is 1. The van der Waals surface area contributed by atoms with E-state index in [9.17, 15) is 9.18 Å². The molecule has 0 amide bonds. The van der Waals surface area contributed by atoms with Gasteiger partial charge in [-0.2, -0.15) is 0 Å². The Morgan fingerprint density at radius 1 is 1.23 bits per heavy atom. The van der Waals surface area contributed by atoms with Crippen LogP contribution in [-0.2, 0) is 11.2 Å². The van der Waals surface area contributed by atoms with E-state index in [0.29, 0.717) is 12.1 Å². The largest absolute Gasteiger partial charge is 0.481 e. The van der Waals surface area contributed by atoms with Gasteiger partial charge in [-0.3, -0.25) is 4.79 Å². The van der Waals surface area contributed by atoms with E-state index in [1.54, 1.807) is 12.1 Å². The SMILES string of the molecule is Cc1cccc2nc(-c3ccc(F)cc3)c(CCC(=O)O)n12. The van der Waals surface area contributed by atoms with Crippen molar-refractivity contribution in [3.63, 3.8) is 0 Å². The summed E-state index contributed by atoms with van der Waals surface area (Å²) >= 11 is 0. The van der Waals surface area contributed by atoms with Gasteiger partial charge in [-0.25, -0.2) is 9.37 Å². The normalized spacial score (nSPS) is 11.0. The molecule has 4 nitrogen and oxygen atoms in total. The highest BCUT2D eigenvalue weighted by Crippen LogP contribution is 2.26. The van der Waals surface area contributed by atoms with Crippen LogP contribution in [0, 0.1) is 12.7 Å². The molecular formula is C17H15FN2O2. The number of halogens is 1. The molecule has 0 bridgehead atoms. The Morgan fingerprint density at radius 2 is 1.95 bits per heavy atom. The molecule has 0 spiro atoms. The van der Waals surface area contributed by atoms with Crippen molar-refractivity contribution in [2.75, 3.05) is 0 Å². The average Bonchev–Trinajstić information content (AvgIpc) is 2.86. The van der Waals surface area contributed by atoms with Gasteiger partial charge in [0.2, 0.25) is 0 Å². The minimum absolute atomic E-state index is 0.0241. The maximum atomic E-state index is 13.1. The number of aryl methyl sites for hydroxylation is 2. The summed E-state index contributed by atoms with van der Waals surface area (Å²) in [5.74, 6) is -1.16. The number of carboxylic acid groups (broad SMARTS) is 1. The van der Waals surface area contributed by atoms with E-state index in [-0.39, 0.29) is 12.2 Å². The monoisotopic (exact) mass is 298 g/mol. The molecule has 0 aliphatic heterocycles. The van der Waals surface area contributed by atoms with E-state index in [0.717, 1.165) is 22.6 Å². The van der Waals surface area contributed by atoms with Crippen molar-refractivity contribution in [2.45, 2.75) is 19.8 Å². The number of imidazole rings is 1. The van der Waals surface area contributed by atoms with E-state index in [4.69, 9.17) is 5.11 Å². The summed E-state index contributed by atoms with van der Waals surface area (Å²) in [5, 5.41) is 8.97. The number of pyridine rings is 1. The number of nitrogens with zero attached hydrogens (tertiary/aromatic N) is 2. The first-order valence-corrected chi connectivity index (χ1v) is 7.01. The van der Waals surface area contributed by atoms with E-state index in [2.05, 4.69) is 4.98 Å². The minimum atomic E-state index is -0.853. The molecule has 22 heavy (non-hydrogen) atoms. The summed E-state index contributed by atoms with van der Waals surface area (Å²) in [6.07, 6.45) is 0.393. The van der Waals surface area contributed by atoms with Crippen molar-refractivity contribution >= 4 is 11.6 Å². The number of benzene rings is 1. The number of carboxylic acids is 1. The van der Waals surface area contributed by atoms with Gasteiger partial charge in [0.05, 0.1) is 17.8 Å². The van der Waals surface area contributed by atoms with Gasteiger partial charge < -0.3 is 9.51 Å². The smallest absolute Gasteiger partial charge is 0.303 e. The van der Waals surface area contributed by atoms with Crippen molar-refractivity contribution in [1.82, 2.24) is 9.38 Å². The van der Waals surface area contributed by atoms with Gasteiger partial charge in [-0.15, -0.1) is 0 Å². The fourth-order valence-corrected chi connectivity index (χ4v) is 2.62. The zero-order valence-electron chi connectivity index (χ0n) is 12.1. The topological polar surface area (TPSA) is 54.6 Å². The lowest BCUT2D eigenvalue weighted by Gasteiger charge is -2.06. The van der Waals surface area contributed by atoms with Crippen molar-refractivity contribution in [1.29, 1.82) is 0 Å². The summed E-state index contributed by atoms with van der Waals surface area (Å²) in [5.41, 5.74) is 4.07. The molecule has 0 fully saturated rings. The predicted octanol–water partition coefficient (Wildman–Crippen LogP) is 3.47. The molecule has 112 valence electrons. The van der Waals surface area contributed by atoms with Crippen LogP contribution in [0.1, 0.15) is 17.8 Å². The Bertz CT molecular complexity index is 838. The fourth-order valence-electron chi connectivity index (χ4n) is 2.62. The molecule has 0 atom stereocenters. The highest BCUT2D eigenvalue weighted by molar-refractivity contribution is 5.70. The van der Waals surface area contributed by atoms with Crippen molar-refractivity contribution in [2.24, 2.45) is 0 Å². The van der Waals surface area contributed by atoms with Gasteiger partial charge >= 0.3 is 5.97 Å². The number of fused-ring (bicyclic) bond motifs is 1. The molecule has 1 aromatic carbocycles. The van der Waals surface area contributed by atoms with Gasteiger partial charge in [0, 0.05) is 17.7 Å². The van der Waals surface area contributed by atoms with Gasteiger partial charge in [-0.05, 0) is 43.3 Å². The molecule has 0 radical (unpaired) electrons. The Morgan fingerprint density at radius 3 is 2.64 bits per heavy atom. The van der Waals surface area contributed by atoms with Crippen LogP contribution in [0.2, 0.25) is 0 Å². The number of hydrogen-bond donors (Lipinski definition) is 1. The molecule has 0 saturated heterocycles. The van der Waals surface area contributed by atoms with Crippen LogP contribution in [0.25, 0.3) is 16.9 Å². The van der Waals surface area contributed by atoms with Gasteiger partial charge in [0.25, 0.3) is 0 Å². The fraction of sp³-hybridized carbons (Fsp3) is 0.176. The zero-order valence-corrected chi connectivity index (χ0v) is 12.1. The van der Waals surface area contributed by atoms with Crippen molar-refractivity contribution in [3.8, 4) is 11.3 Å². The maximum Gasteiger partial charge on any atom is 0.303 e. The molecule has 1 N–H and O–H groups in total. The second-order valence-corrected chi connectivity index (χ2v) is 5.17. The molecule has 3 aromatic rings. The third-order valence-electron chi connectivity index (χ3n) is 3.63. The second-order valence-electron chi connectivity index (χ2n) is 5.17. The molecule has 3 rings (SSSR count).